The van der Waals surface area contributed by atoms with Gasteiger partial charge in [-0.1, -0.05) is 37.3 Å². The van der Waals surface area contributed by atoms with E-state index in [2.05, 4.69) is 0 Å². The van der Waals surface area contributed by atoms with Gasteiger partial charge in [0.25, 0.3) is 0 Å². The zero-order chi connectivity index (χ0) is 13.6. The SMILES string of the molecule is C[C@@H]1C(=O)C[C@@H]2C(=O)OC(=O)[C@H]2[C@@H]1c1ccccc1. The van der Waals surface area contributed by atoms with Crippen molar-refractivity contribution >= 4 is 17.7 Å². The minimum Gasteiger partial charge on any atom is -0.393 e. The van der Waals surface area contributed by atoms with Crippen molar-refractivity contribution in [2.24, 2.45) is 17.8 Å². The van der Waals surface area contributed by atoms with Crippen LogP contribution in [0.1, 0.15) is 24.8 Å². The summed E-state index contributed by atoms with van der Waals surface area (Å²) in [5.41, 5.74) is 0.921. The number of hydrogen-bond donors (Lipinski definition) is 0. The van der Waals surface area contributed by atoms with Crippen molar-refractivity contribution in [2.45, 2.75) is 19.3 Å². The molecule has 0 radical (unpaired) electrons. The third-order valence-electron chi connectivity index (χ3n) is 4.25. The number of hydrogen-bond acceptors (Lipinski definition) is 4. The van der Waals surface area contributed by atoms with Gasteiger partial charge in [-0.25, -0.2) is 0 Å². The standard InChI is InChI=1S/C15H14O4/c1-8-11(16)7-10-13(15(18)19-14(10)17)12(8)9-5-3-2-4-6-9/h2-6,8,10,12-13H,7H2,1H3/t8-,10+,12+,13-/m1/s1. The highest BCUT2D eigenvalue weighted by molar-refractivity contribution is 6.01. The smallest absolute Gasteiger partial charge is 0.318 e. The third-order valence-corrected chi connectivity index (χ3v) is 4.25. The molecule has 1 heterocycles. The van der Waals surface area contributed by atoms with Crippen molar-refractivity contribution in [3.63, 3.8) is 0 Å². The van der Waals surface area contributed by atoms with Crippen LogP contribution in [0.3, 0.4) is 0 Å². The fraction of sp³-hybridized carbons (Fsp3) is 0.400. The lowest BCUT2D eigenvalue weighted by molar-refractivity contribution is -0.154. The minimum atomic E-state index is -0.596. The van der Waals surface area contributed by atoms with Crippen LogP contribution in [0, 0.1) is 17.8 Å². The quantitative estimate of drug-likeness (QED) is 0.568. The predicted molar refractivity (Wildman–Crippen MR) is 66.1 cm³/mol. The van der Waals surface area contributed by atoms with Crippen LogP contribution in [0.15, 0.2) is 30.3 Å². The monoisotopic (exact) mass is 258 g/mol. The second-order valence-corrected chi connectivity index (χ2v) is 5.27. The van der Waals surface area contributed by atoms with Crippen molar-refractivity contribution in [3.8, 4) is 0 Å². The van der Waals surface area contributed by atoms with Gasteiger partial charge in [0.05, 0.1) is 11.8 Å². The zero-order valence-corrected chi connectivity index (χ0v) is 10.5. The highest BCUT2D eigenvalue weighted by Gasteiger charge is 2.55. The lowest BCUT2D eigenvalue weighted by atomic mass is 9.65. The molecular weight excluding hydrogens is 244 g/mol. The molecule has 1 saturated heterocycles. The van der Waals surface area contributed by atoms with Crippen LogP contribution in [0.25, 0.3) is 0 Å². The first-order chi connectivity index (χ1) is 9.09. The van der Waals surface area contributed by atoms with E-state index in [1.165, 1.54) is 0 Å². The van der Waals surface area contributed by atoms with Gasteiger partial charge in [0.2, 0.25) is 0 Å². The number of benzene rings is 1. The van der Waals surface area contributed by atoms with Gasteiger partial charge in [0.15, 0.2) is 0 Å². The van der Waals surface area contributed by atoms with Crippen LogP contribution in [-0.4, -0.2) is 17.7 Å². The summed E-state index contributed by atoms with van der Waals surface area (Å²) in [6.45, 7) is 1.83. The fourth-order valence-electron chi connectivity index (χ4n) is 3.25. The maximum atomic E-state index is 12.1. The maximum Gasteiger partial charge on any atom is 0.318 e. The number of carbonyl (C=O) groups is 3. The van der Waals surface area contributed by atoms with Crippen molar-refractivity contribution in [1.29, 1.82) is 0 Å². The van der Waals surface area contributed by atoms with E-state index in [0.717, 1.165) is 5.56 Å². The molecule has 0 bridgehead atoms. The molecule has 0 unspecified atom stereocenters. The summed E-state index contributed by atoms with van der Waals surface area (Å²) in [5, 5.41) is 0. The molecule has 1 aromatic carbocycles. The number of ketones is 1. The molecule has 1 aliphatic carbocycles. The predicted octanol–water partition coefficient (Wildman–Crippen LogP) is 1.69. The van der Waals surface area contributed by atoms with E-state index in [0.29, 0.717) is 0 Å². The van der Waals surface area contributed by atoms with E-state index >= 15 is 0 Å². The van der Waals surface area contributed by atoms with Crippen LogP contribution in [0.4, 0.5) is 0 Å². The van der Waals surface area contributed by atoms with E-state index in [4.69, 9.17) is 4.74 Å². The Kier molecular flexibility index (Phi) is 2.73. The first-order valence-corrected chi connectivity index (χ1v) is 6.43. The van der Waals surface area contributed by atoms with E-state index < -0.39 is 23.8 Å². The highest BCUT2D eigenvalue weighted by atomic mass is 16.6. The molecule has 4 heteroatoms. The number of ether oxygens (including phenoxy) is 1. The lowest BCUT2D eigenvalue weighted by Crippen LogP contribution is -2.39. The van der Waals surface area contributed by atoms with E-state index in [1.54, 1.807) is 0 Å². The van der Waals surface area contributed by atoms with Gasteiger partial charge in [-0.05, 0) is 5.56 Å². The van der Waals surface area contributed by atoms with E-state index in [9.17, 15) is 14.4 Å². The van der Waals surface area contributed by atoms with Crippen molar-refractivity contribution < 1.29 is 19.1 Å². The molecule has 2 aliphatic rings. The lowest BCUT2D eigenvalue weighted by Gasteiger charge is -2.34. The number of fused-ring (bicyclic) bond motifs is 1. The Morgan fingerprint density at radius 1 is 1.00 bits per heavy atom. The average Bonchev–Trinajstić information content (AvgIpc) is 2.67. The second-order valence-electron chi connectivity index (χ2n) is 5.27. The molecule has 2 fully saturated rings. The van der Waals surface area contributed by atoms with Gasteiger partial charge in [0.1, 0.15) is 5.78 Å². The molecule has 0 amide bonds. The van der Waals surface area contributed by atoms with Gasteiger partial charge in [-0.3, -0.25) is 14.4 Å². The van der Waals surface area contributed by atoms with Crippen molar-refractivity contribution in [2.75, 3.05) is 0 Å². The van der Waals surface area contributed by atoms with E-state index in [-0.39, 0.29) is 24.0 Å². The topological polar surface area (TPSA) is 60.4 Å². The number of cyclic esters (lactones) is 2. The summed E-state index contributed by atoms with van der Waals surface area (Å²) in [6.07, 6.45) is 0.125. The molecule has 4 nitrogen and oxygen atoms in total. The van der Waals surface area contributed by atoms with Crippen molar-refractivity contribution in [3.05, 3.63) is 35.9 Å². The number of rotatable bonds is 1. The van der Waals surface area contributed by atoms with Gasteiger partial charge < -0.3 is 4.74 Å². The van der Waals surface area contributed by atoms with Gasteiger partial charge >= 0.3 is 11.9 Å². The summed E-state index contributed by atoms with van der Waals surface area (Å²) in [6, 6.07) is 9.42. The van der Waals surface area contributed by atoms with Gasteiger partial charge in [-0.15, -0.1) is 0 Å². The second kappa shape index (κ2) is 4.30. The summed E-state index contributed by atoms with van der Waals surface area (Å²) in [7, 11) is 0. The fourth-order valence-corrected chi connectivity index (χ4v) is 3.25. The highest BCUT2D eigenvalue weighted by Crippen LogP contribution is 2.47. The van der Waals surface area contributed by atoms with Gasteiger partial charge in [-0.2, -0.15) is 0 Å². The molecule has 0 spiro atoms. The number of Topliss-reactive ketones (excluding diaryl/α,β-unsaturated/α-hetero) is 1. The van der Waals surface area contributed by atoms with Crippen molar-refractivity contribution in [1.82, 2.24) is 0 Å². The van der Waals surface area contributed by atoms with Crippen LogP contribution < -0.4 is 0 Å². The Morgan fingerprint density at radius 2 is 1.68 bits per heavy atom. The summed E-state index contributed by atoms with van der Waals surface area (Å²) in [5.74, 6) is -2.63. The Morgan fingerprint density at radius 3 is 2.37 bits per heavy atom. The Balaban J connectivity index is 2.06. The first-order valence-electron chi connectivity index (χ1n) is 6.43. The maximum absolute atomic E-state index is 12.1. The molecular formula is C15H14O4. The molecule has 19 heavy (non-hydrogen) atoms. The molecule has 1 aromatic rings. The molecule has 1 aliphatic heterocycles. The summed E-state index contributed by atoms with van der Waals surface area (Å²) in [4.78, 5) is 35.6. The number of carbonyl (C=O) groups excluding carboxylic acids is 3. The Bertz CT molecular complexity index is 549. The molecule has 4 atom stereocenters. The first kappa shape index (κ1) is 12.1. The zero-order valence-electron chi connectivity index (χ0n) is 10.5. The molecule has 0 N–H and O–H groups in total. The third kappa shape index (κ3) is 1.79. The Hall–Kier alpha value is -1.97. The normalized spacial score (nSPS) is 34.1. The van der Waals surface area contributed by atoms with Gasteiger partial charge in [0, 0.05) is 18.3 Å². The average molecular weight is 258 g/mol. The molecule has 98 valence electrons. The molecule has 1 saturated carbocycles. The Labute approximate surface area is 110 Å². The van der Waals surface area contributed by atoms with Crippen LogP contribution in [0.2, 0.25) is 0 Å². The van der Waals surface area contributed by atoms with Crippen LogP contribution in [0.5, 0.6) is 0 Å². The van der Waals surface area contributed by atoms with Crippen LogP contribution in [-0.2, 0) is 19.1 Å². The number of esters is 2. The minimum absolute atomic E-state index is 0.0294. The molecule has 0 aromatic heterocycles. The molecule has 3 rings (SSSR count). The largest absolute Gasteiger partial charge is 0.393 e. The summed E-state index contributed by atoms with van der Waals surface area (Å²) < 4.78 is 4.73. The summed E-state index contributed by atoms with van der Waals surface area (Å²) >= 11 is 0. The van der Waals surface area contributed by atoms with E-state index in [1.807, 2.05) is 37.3 Å². The van der Waals surface area contributed by atoms with Crippen LogP contribution >= 0.6 is 0 Å².